The summed E-state index contributed by atoms with van der Waals surface area (Å²) < 4.78 is 0. The maximum Gasteiger partial charge on any atom is -0.0207 e. The molecule has 0 saturated heterocycles. The molecule has 2 radical (unpaired) electrons. The highest BCUT2D eigenvalue weighted by molar-refractivity contribution is 5.12. The molecule has 0 heterocycles. The Kier molecular flexibility index (Phi) is 4.89. The predicted molar refractivity (Wildman–Crippen MR) is 87.2 cm³/mol. The van der Waals surface area contributed by atoms with Crippen molar-refractivity contribution < 1.29 is 0 Å². The Labute approximate surface area is 126 Å². The van der Waals surface area contributed by atoms with Gasteiger partial charge < -0.3 is 0 Å². The average molecular weight is 272 g/mol. The molecular formula is C20H32. The number of hydrogen-bond donors (Lipinski definition) is 0. The fourth-order valence-electron chi connectivity index (χ4n) is 4.68. The molecule has 0 amide bonds. The van der Waals surface area contributed by atoms with E-state index >= 15 is 0 Å². The van der Waals surface area contributed by atoms with E-state index in [-0.39, 0.29) is 0 Å². The van der Waals surface area contributed by atoms with Gasteiger partial charge in [-0.25, -0.2) is 0 Å². The maximum absolute atomic E-state index is 2.50. The molecule has 20 heavy (non-hydrogen) atoms. The molecule has 0 aromatic carbocycles. The Morgan fingerprint density at radius 2 is 1.30 bits per heavy atom. The Hall–Kier alpha value is -0.260. The lowest BCUT2D eigenvalue weighted by atomic mass is 9.66. The molecule has 0 spiro atoms. The van der Waals surface area contributed by atoms with Crippen LogP contribution in [0.4, 0.5) is 0 Å². The van der Waals surface area contributed by atoms with Crippen molar-refractivity contribution in [1.29, 1.82) is 0 Å². The topological polar surface area (TPSA) is 0 Å². The van der Waals surface area contributed by atoms with Crippen molar-refractivity contribution in [3.05, 3.63) is 23.5 Å². The SMILES string of the molecule is CC1=CCC([C]2CCC([C]3CCC(C)CC3)CC2)CC1. The molecular weight excluding hydrogens is 240 g/mol. The molecule has 3 aliphatic rings. The van der Waals surface area contributed by atoms with Crippen LogP contribution in [0.25, 0.3) is 0 Å². The minimum atomic E-state index is 0.941. The van der Waals surface area contributed by atoms with Crippen molar-refractivity contribution in [1.82, 2.24) is 0 Å². The lowest BCUT2D eigenvalue weighted by molar-refractivity contribution is 0.281. The van der Waals surface area contributed by atoms with Gasteiger partial charge in [-0.1, -0.05) is 31.4 Å². The Balaban J connectivity index is 1.45. The Bertz CT molecular complexity index is 324. The smallest absolute Gasteiger partial charge is 0.0207 e. The first-order valence-electron chi connectivity index (χ1n) is 9.07. The third-order valence-corrected chi connectivity index (χ3v) is 6.34. The van der Waals surface area contributed by atoms with Crippen molar-refractivity contribution in [3.8, 4) is 0 Å². The molecule has 112 valence electrons. The zero-order valence-electron chi connectivity index (χ0n) is 13.6. The second-order valence-corrected chi connectivity index (χ2v) is 7.80. The van der Waals surface area contributed by atoms with Crippen LogP contribution in [0.3, 0.4) is 0 Å². The quantitative estimate of drug-likeness (QED) is 0.519. The van der Waals surface area contributed by atoms with Crippen LogP contribution in [0.15, 0.2) is 11.6 Å². The van der Waals surface area contributed by atoms with E-state index in [9.17, 15) is 0 Å². The van der Waals surface area contributed by atoms with Gasteiger partial charge in [-0.2, -0.15) is 0 Å². The van der Waals surface area contributed by atoms with E-state index in [1.54, 1.807) is 5.57 Å². The molecule has 0 bridgehead atoms. The van der Waals surface area contributed by atoms with Gasteiger partial charge in [0, 0.05) is 0 Å². The second-order valence-electron chi connectivity index (χ2n) is 7.80. The van der Waals surface area contributed by atoms with Crippen LogP contribution in [-0.2, 0) is 0 Å². The fraction of sp³-hybridized carbons (Fsp3) is 0.800. The molecule has 0 nitrogen and oxygen atoms in total. The van der Waals surface area contributed by atoms with Crippen molar-refractivity contribution in [2.24, 2.45) is 17.8 Å². The second kappa shape index (κ2) is 6.67. The molecule has 2 fully saturated rings. The van der Waals surface area contributed by atoms with Gasteiger partial charge in [0.15, 0.2) is 0 Å². The maximum atomic E-state index is 2.50. The first-order valence-corrected chi connectivity index (χ1v) is 9.07. The summed E-state index contributed by atoms with van der Waals surface area (Å²) in [5.74, 6) is 6.79. The average Bonchev–Trinajstić information content (AvgIpc) is 2.49. The summed E-state index contributed by atoms with van der Waals surface area (Å²) in [6.45, 7) is 4.74. The standard InChI is InChI=1S/C20H32/c1-15-3-7-17(8-4-15)19-11-13-20(14-12-19)18-9-5-16(2)6-10-18/h3,16-17,20H,4-14H2,1-2H3. The van der Waals surface area contributed by atoms with Crippen molar-refractivity contribution in [2.45, 2.75) is 84.5 Å². The van der Waals surface area contributed by atoms with Gasteiger partial charge >= 0.3 is 0 Å². The molecule has 0 aromatic heterocycles. The molecule has 3 rings (SSSR count). The predicted octanol–water partition coefficient (Wildman–Crippen LogP) is 6.28. The number of hydrogen-bond acceptors (Lipinski definition) is 0. The van der Waals surface area contributed by atoms with Gasteiger partial charge in [-0.05, 0) is 94.3 Å². The Morgan fingerprint density at radius 3 is 1.90 bits per heavy atom. The summed E-state index contributed by atoms with van der Waals surface area (Å²) in [6, 6.07) is 0. The minimum absolute atomic E-state index is 0.941. The first kappa shape index (κ1) is 14.7. The van der Waals surface area contributed by atoms with Crippen LogP contribution in [-0.4, -0.2) is 0 Å². The van der Waals surface area contributed by atoms with E-state index in [0.717, 1.165) is 17.8 Å². The zero-order chi connectivity index (χ0) is 13.9. The van der Waals surface area contributed by atoms with Gasteiger partial charge in [0.25, 0.3) is 0 Å². The van der Waals surface area contributed by atoms with Crippen LogP contribution < -0.4 is 0 Å². The van der Waals surface area contributed by atoms with Crippen molar-refractivity contribution in [3.63, 3.8) is 0 Å². The molecule has 0 N–H and O–H groups in total. The van der Waals surface area contributed by atoms with Crippen LogP contribution in [0, 0.1) is 29.6 Å². The highest BCUT2D eigenvalue weighted by Crippen LogP contribution is 2.46. The molecule has 1 unspecified atom stereocenters. The van der Waals surface area contributed by atoms with Gasteiger partial charge in [-0.3, -0.25) is 0 Å². The van der Waals surface area contributed by atoms with Crippen molar-refractivity contribution >= 4 is 0 Å². The summed E-state index contributed by atoms with van der Waals surface area (Å²) in [7, 11) is 0. The molecule has 0 aliphatic heterocycles. The molecule has 0 aromatic rings. The summed E-state index contributed by atoms with van der Waals surface area (Å²) in [4.78, 5) is 0. The summed E-state index contributed by atoms with van der Waals surface area (Å²) in [6.07, 6.45) is 18.3. The fourth-order valence-corrected chi connectivity index (χ4v) is 4.68. The van der Waals surface area contributed by atoms with E-state index in [1.807, 2.05) is 11.8 Å². The lowest BCUT2D eigenvalue weighted by Gasteiger charge is -2.39. The van der Waals surface area contributed by atoms with Gasteiger partial charge in [0.05, 0.1) is 0 Å². The van der Waals surface area contributed by atoms with E-state index < -0.39 is 0 Å². The van der Waals surface area contributed by atoms with E-state index in [4.69, 9.17) is 0 Å². The minimum Gasteiger partial charge on any atom is -0.0853 e. The highest BCUT2D eigenvalue weighted by atomic mass is 14.4. The van der Waals surface area contributed by atoms with Crippen LogP contribution in [0.1, 0.15) is 84.5 Å². The monoisotopic (exact) mass is 272 g/mol. The van der Waals surface area contributed by atoms with Crippen LogP contribution in [0.5, 0.6) is 0 Å². The largest absolute Gasteiger partial charge is 0.0853 e. The molecule has 3 aliphatic carbocycles. The number of rotatable bonds is 2. The normalized spacial score (nSPS) is 32.3. The van der Waals surface area contributed by atoms with Gasteiger partial charge in [-0.15, -0.1) is 0 Å². The number of allylic oxidation sites excluding steroid dienone is 2. The third-order valence-electron chi connectivity index (χ3n) is 6.34. The first-order chi connectivity index (χ1) is 9.72. The van der Waals surface area contributed by atoms with E-state index in [0.29, 0.717) is 0 Å². The van der Waals surface area contributed by atoms with E-state index in [1.165, 1.54) is 70.6 Å². The van der Waals surface area contributed by atoms with Crippen LogP contribution in [0.2, 0.25) is 0 Å². The summed E-state index contributed by atoms with van der Waals surface area (Å²) in [5, 5.41) is 0. The van der Waals surface area contributed by atoms with Crippen LogP contribution >= 0.6 is 0 Å². The molecule has 0 heteroatoms. The van der Waals surface area contributed by atoms with E-state index in [2.05, 4.69) is 19.9 Å². The summed E-state index contributed by atoms with van der Waals surface area (Å²) in [5.41, 5.74) is 1.63. The van der Waals surface area contributed by atoms with Crippen molar-refractivity contribution in [2.75, 3.05) is 0 Å². The lowest BCUT2D eigenvalue weighted by Crippen LogP contribution is -2.26. The van der Waals surface area contributed by atoms with Gasteiger partial charge in [0.2, 0.25) is 0 Å². The third kappa shape index (κ3) is 3.49. The molecule has 2 saturated carbocycles. The Morgan fingerprint density at radius 1 is 0.750 bits per heavy atom. The zero-order valence-corrected chi connectivity index (χ0v) is 13.6. The summed E-state index contributed by atoms with van der Waals surface area (Å²) >= 11 is 0. The molecule has 1 atom stereocenters. The highest BCUT2D eigenvalue weighted by Gasteiger charge is 2.33. The van der Waals surface area contributed by atoms with Gasteiger partial charge in [0.1, 0.15) is 0 Å².